The molecule has 21 heavy (non-hydrogen) atoms. The fraction of sp³-hybridized carbons (Fsp3) is 0.200. The summed E-state index contributed by atoms with van der Waals surface area (Å²) in [5.74, 6) is -5.38. The van der Waals surface area contributed by atoms with Gasteiger partial charge in [0.05, 0.1) is 0 Å². The van der Waals surface area contributed by atoms with Gasteiger partial charge < -0.3 is 0 Å². The summed E-state index contributed by atoms with van der Waals surface area (Å²) in [5, 5.41) is 0. The molecule has 0 spiro atoms. The van der Waals surface area contributed by atoms with Crippen LogP contribution in [0.25, 0.3) is 0 Å². The Morgan fingerprint density at radius 1 is 0.952 bits per heavy atom. The molecule has 0 radical (unpaired) electrons. The number of rotatable bonds is 3. The Balaban J connectivity index is 2.69. The van der Waals surface area contributed by atoms with E-state index in [9.17, 15) is 35.9 Å². The van der Waals surface area contributed by atoms with Crippen molar-refractivity contribution in [2.75, 3.05) is 0 Å². The molecule has 0 N–H and O–H groups in total. The predicted molar refractivity (Wildman–Crippen MR) is 49.0 cm³/mol. The molecule has 4 nitrogen and oxygen atoms in total. The molecule has 0 saturated heterocycles. The van der Waals surface area contributed by atoms with Crippen LogP contribution >= 0.6 is 0 Å². The fourth-order valence-corrected chi connectivity index (χ4v) is 2.36. The van der Waals surface area contributed by atoms with Gasteiger partial charge in [0.1, 0.15) is 0 Å². The molecule has 0 aliphatic heterocycles. The third kappa shape index (κ3) is 5.77. The molecule has 1 aromatic carbocycles. The Kier molecular flexibility index (Phi) is 5.42. The zero-order valence-electron chi connectivity index (χ0n) is 9.59. The molecule has 0 fully saturated rings. The number of ether oxygens (including phenoxy) is 1. The van der Waals surface area contributed by atoms with E-state index in [1.54, 1.807) is 0 Å². The van der Waals surface area contributed by atoms with Crippen molar-refractivity contribution in [2.45, 2.75) is 12.4 Å². The second-order valence-electron chi connectivity index (χ2n) is 3.28. The van der Waals surface area contributed by atoms with Crippen molar-refractivity contribution in [2.24, 2.45) is 0 Å². The van der Waals surface area contributed by atoms with Crippen LogP contribution in [0.4, 0.5) is 26.3 Å². The van der Waals surface area contributed by atoms with Gasteiger partial charge in [0.15, 0.2) is 0 Å². The molecule has 1 aromatic rings. The number of hydrogen-bond donors (Lipinski definition) is 0. The number of esters is 1. The standard InChI is InChI=1S/C10H4F6IO4/c11-9(12,13)7(18)20-6-3-1-2-5(4-6)17-21-8(19)10(14,15)16/h1-4H/q-1. The molecule has 0 aromatic heterocycles. The topological polar surface area (TPSA) is 52.6 Å². The predicted octanol–water partition coefficient (Wildman–Crippen LogP) is -0.567. The van der Waals surface area contributed by atoms with Crippen molar-refractivity contribution >= 4 is 11.9 Å². The van der Waals surface area contributed by atoms with Crippen LogP contribution in [-0.2, 0) is 12.7 Å². The number of carbonyl (C=O) groups is 2. The van der Waals surface area contributed by atoms with Gasteiger partial charge >= 0.3 is 123 Å². The van der Waals surface area contributed by atoms with Gasteiger partial charge in [0.25, 0.3) is 0 Å². The Morgan fingerprint density at radius 3 is 2.05 bits per heavy atom. The van der Waals surface area contributed by atoms with Crippen LogP contribution < -0.4 is 26.4 Å². The van der Waals surface area contributed by atoms with Gasteiger partial charge in [0.2, 0.25) is 0 Å². The molecule has 118 valence electrons. The first-order chi connectivity index (χ1) is 9.50. The molecule has 0 aliphatic rings. The summed E-state index contributed by atoms with van der Waals surface area (Å²) >= 11 is -1.89. The molecule has 0 aliphatic carbocycles. The first-order valence-electron chi connectivity index (χ1n) is 4.82. The van der Waals surface area contributed by atoms with Crippen molar-refractivity contribution in [1.82, 2.24) is 0 Å². The van der Waals surface area contributed by atoms with Gasteiger partial charge in [-0.05, 0) is 0 Å². The van der Waals surface area contributed by atoms with Crippen LogP contribution in [0.5, 0.6) is 5.75 Å². The van der Waals surface area contributed by atoms with Crippen LogP contribution in [0, 0.1) is 3.57 Å². The summed E-state index contributed by atoms with van der Waals surface area (Å²) in [6, 6.07) is 4.26. The average Bonchev–Trinajstić information content (AvgIpc) is 2.34. The van der Waals surface area contributed by atoms with E-state index in [2.05, 4.69) is 7.80 Å². The Bertz CT molecular complexity index is 539. The normalized spacial score (nSPS) is 12.1. The second-order valence-corrected chi connectivity index (χ2v) is 5.41. The zero-order chi connectivity index (χ0) is 16.3. The zero-order valence-corrected chi connectivity index (χ0v) is 11.7. The minimum absolute atomic E-state index is 0.0267. The SMILES string of the molecule is O=C(O[I-]c1cccc(OC(=O)C(F)(F)F)c1)C(F)(F)F. The summed E-state index contributed by atoms with van der Waals surface area (Å²) in [5.41, 5.74) is 0. The maximum absolute atomic E-state index is 12.0. The molecule has 0 saturated carbocycles. The van der Waals surface area contributed by atoms with Crippen molar-refractivity contribution in [3.05, 3.63) is 27.8 Å². The molecular formula is C10H4F6IO4-. The number of hydrogen-bond acceptors (Lipinski definition) is 4. The summed E-state index contributed by atoms with van der Waals surface area (Å²) < 4.78 is 79.5. The summed E-state index contributed by atoms with van der Waals surface area (Å²) in [7, 11) is 0. The molecule has 1 rings (SSSR count). The van der Waals surface area contributed by atoms with Gasteiger partial charge in [-0.25, -0.2) is 0 Å². The van der Waals surface area contributed by atoms with E-state index in [-0.39, 0.29) is 3.57 Å². The van der Waals surface area contributed by atoms with E-state index in [4.69, 9.17) is 0 Å². The van der Waals surface area contributed by atoms with Gasteiger partial charge in [-0.3, -0.25) is 0 Å². The van der Waals surface area contributed by atoms with E-state index in [0.29, 0.717) is 0 Å². The van der Waals surface area contributed by atoms with E-state index in [1.807, 2.05) is 0 Å². The molecular weight excluding hydrogens is 425 g/mol. The first-order valence-corrected chi connectivity index (χ1v) is 6.78. The second kappa shape index (κ2) is 6.49. The van der Waals surface area contributed by atoms with Crippen molar-refractivity contribution in [1.29, 1.82) is 0 Å². The Labute approximate surface area is 123 Å². The van der Waals surface area contributed by atoms with E-state index in [1.165, 1.54) is 6.07 Å². The average molecular weight is 429 g/mol. The van der Waals surface area contributed by atoms with Crippen LogP contribution in [-0.4, -0.2) is 24.3 Å². The van der Waals surface area contributed by atoms with Gasteiger partial charge in [-0.1, -0.05) is 0 Å². The van der Waals surface area contributed by atoms with Gasteiger partial charge in [-0.2, -0.15) is 0 Å². The molecule has 0 amide bonds. The Morgan fingerprint density at radius 2 is 1.52 bits per heavy atom. The molecule has 0 atom stereocenters. The monoisotopic (exact) mass is 429 g/mol. The molecule has 0 bridgehead atoms. The van der Waals surface area contributed by atoms with Gasteiger partial charge in [-0.15, -0.1) is 0 Å². The van der Waals surface area contributed by atoms with E-state index < -0.39 is 51.7 Å². The molecule has 0 unspecified atom stereocenters. The molecule has 11 heteroatoms. The number of halogens is 7. The van der Waals surface area contributed by atoms with Crippen LogP contribution in [0.15, 0.2) is 24.3 Å². The molecule has 0 heterocycles. The quantitative estimate of drug-likeness (QED) is 0.280. The number of carbonyl (C=O) groups excluding carboxylic acids is 2. The van der Waals surface area contributed by atoms with Crippen LogP contribution in [0.3, 0.4) is 0 Å². The van der Waals surface area contributed by atoms with Crippen molar-refractivity contribution < 1.29 is 65.4 Å². The summed E-state index contributed by atoms with van der Waals surface area (Å²) in [4.78, 5) is 21.0. The van der Waals surface area contributed by atoms with E-state index >= 15 is 0 Å². The number of alkyl halides is 6. The third-order valence-electron chi connectivity index (χ3n) is 1.67. The maximum atomic E-state index is 12.0. The van der Waals surface area contributed by atoms with Crippen LogP contribution in [0.2, 0.25) is 0 Å². The van der Waals surface area contributed by atoms with Crippen molar-refractivity contribution in [3.8, 4) is 5.75 Å². The first kappa shape index (κ1) is 17.5. The number of benzene rings is 1. The minimum atomic E-state index is -5.20. The van der Waals surface area contributed by atoms with E-state index in [0.717, 1.165) is 18.2 Å². The Hall–Kier alpha value is -1.53. The van der Waals surface area contributed by atoms with Crippen LogP contribution in [0.1, 0.15) is 0 Å². The van der Waals surface area contributed by atoms with Gasteiger partial charge in [0, 0.05) is 0 Å². The third-order valence-corrected chi connectivity index (χ3v) is 3.47. The van der Waals surface area contributed by atoms with Crippen molar-refractivity contribution in [3.63, 3.8) is 0 Å². The fourth-order valence-electron chi connectivity index (χ4n) is 0.867. The summed E-state index contributed by atoms with van der Waals surface area (Å²) in [6.45, 7) is 0. The summed E-state index contributed by atoms with van der Waals surface area (Å²) in [6.07, 6.45) is -10.4.